The standard InChI is InChI=1S/C13H14NO.ClH/c15-13-7-3-2-6-12(13)8-11-14-9-4-1-5-10-14;/h1-7,9-10,12H,8,11H2;1H/q+1;/p-1. The van der Waals surface area contributed by atoms with Gasteiger partial charge in [-0.05, 0) is 6.08 Å². The lowest BCUT2D eigenvalue weighted by Gasteiger charge is -2.08. The van der Waals surface area contributed by atoms with E-state index in [0.717, 1.165) is 13.0 Å². The van der Waals surface area contributed by atoms with Gasteiger partial charge in [0.15, 0.2) is 18.2 Å². The summed E-state index contributed by atoms with van der Waals surface area (Å²) >= 11 is 0. The Morgan fingerprint density at radius 3 is 2.56 bits per heavy atom. The zero-order valence-corrected chi connectivity index (χ0v) is 9.68. The number of carbonyl (C=O) groups excluding carboxylic acids is 1. The van der Waals surface area contributed by atoms with Crippen LogP contribution in [0.25, 0.3) is 0 Å². The Labute approximate surface area is 102 Å². The Morgan fingerprint density at radius 1 is 1.12 bits per heavy atom. The maximum atomic E-state index is 11.5. The molecule has 1 aromatic heterocycles. The summed E-state index contributed by atoms with van der Waals surface area (Å²) in [5, 5.41) is 0. The van der Waals surface area contributed by atoms with Crippen molar-refractivity contribution in [2.75, 3.05) is 0 Å². The van der Waals surface area contributed by atoms with E-state index >= 15 is 0 Å². The molecule has 0 radical (unpaired) electrons. The molecular formula is C13H14ClNO. The molecule has 0 spiro atoms. The number of nitrogens with zero attached hydrogens (tertiary/aromatic N) is 1. The molecule has 3 heteroatoms. The molecule has 0 saturated carbocycles. The van der Waals surface area contributed by atoms with Crippen molar-refractivity contribution < 1.29 is 21.8 Å². The second-order valence-corrected chi connectivity index (χ2v) is 3.65. The fraction of sp³-hybridized carbons (Fsp3) is 0.231. The molecule has 1 aliphatic carbocycles. The summed E-state index contributed by atoms with van der Waals surface area (Å²) in [6, 6.07) is 5.99. The van der Waals surface area contributed by atoms with Crippen molar-refractivity contribution in [3.05, 3.63) is 54.9 Å². The molecule has 16 heavy (non-hydrogen) atoms. The highest BCUT2D eigenvalue weighted by Gasteiger charge is 2.16. The van der Waals surface area contributed by atoms with Crippen LogP contribution in [0, 0.1) is 5.92 Å². The van der Waals surface area contributed by atoms with E-state index in [-0.39, 0.29) is 24.1 Å². The first kappa shape index (κ1) is 12.7. The summed E-state index contributed by atoms with van der Waals surface area (Å²) in [5.41, 5.74) is 0. The van der Waals surface area contributed by atoms with Gasteiger partial charge >= 0.3 is 0 Å². The quantitative estimate of drug-likeness (QED) is 0.596. The maximum absolute atomic E-state index is 11.5. The Hall–Kier alpha value is -1.41. The normalized spacial score (nSPS) is 18.2. The van der Waals surface area contributed by atoms with Crippen molar-refractivity contribution in [2.24, 2.45) is 5.92 Å². The third-order valence-corrected chi connectivity index (χ3v) is 2.56. The molecule has 1 atom stereocenters. The highest BCUT2D eigenvalue weighted by Crippen LogP contribution is 2.11. The summed E-state index contributed by atoms with van der Waals surface area (Å²) in [6.45, 7) is 0.884. The molecule has 0 aliphatic heterocycles. The number of aromatic nitrogens is 1. The van der Waals surface area contributed by atoms with E-state index in [0.29, 0.717) is 0 Å². The SMILES string of the molecule is O=C1C=CC=CC1CC[n+]1ccccc1.[Cl-]. The Kier molecular flexibility index (Phi) is 4.93. The van der Waals surface area contributed by atoms with Gasteiger partial charge in [-0.1, -0.05) is 24.3 Å². The van der Waals surface area contributed by atoms with E-state index in [2.05, 4.69) is 4.57 Å². The third kappa shape index (κ3) is 3.31. The van der Waals surface area contributed by atoms with Gasteiger partial charge < -0.3 is 12.4 Å². The molecule has 2 rings (SSSR count). The zero-order valence-electron chi connectivity index (χ0n) is 8.92. The van der Waals surface area contributed by atoms with Gasteiger partial charge in [-0.3, -0.25) is 4.79 Å². The first-order chi connectivity index (χ1) is 7.36. The predicted octanol–water partition coefficient (Wildman–Crippen LogP) is -1.32. The lowest BCUT2D eigenvalue weighted by atomic mass is 9.96. The van der Waals surface area contributed by atoms with Gasteiger partial charge in [0.1, 0.15) is 6.54 Å². The summed E-state index contributed by atoms with van der Waals surface area (Å²) in [6.07, 6.45) is 12.3. The first-order valence-electron chi connectivity index (χ1n) is 5.19. The van der Waals surface area contributed by atoms with Gasteiger partial charge in [0.2, 0.25) is 0 Å². The van der Waals surface area contributed by atoms with Crippen LogP contribution in [0.2, 0.25) is 0 Å². The molecule has 1 aromatic rings. The number of pyridine rings is 1. The van der Waals surface area contributed by atoms with E-state index in [1.807, 2.05) is 42.7 Å². The van der Waals surface area contributed by atoms with Crippen LogP contribution in [0.15, 0.2) is 54.9 Å². The highest BCUT2D eigenvalue weighted by atomic mass is 35.5. The summed E-state index contributed by atoms with van der Waals surface area (Å²) < 4.78 is 2.10. The van der Waals surface area contributed by atoms with Crippen LogP contribution in [0.3, 0.4) is 0 Å². The molecule has 0 amide bonds. The van der Waals surface area contributed by atoms with Gasteiger partial charge in [-0.15, -0.1) is 0 Å². The van der Waals surface area contributed by atoms with Crippen LogP contribution >= 0.6 is 0 Å². The summed E-state index contributed by atoms with van der Waals surface area (Å²) in [5.74, 6) is 0.275. The fourth-order valence-corrected chi connectivity index (χ4v) is 1.68. The molecule has 84 valence electrons. The van der Waals surface area contributed by atoms with Crippen molar-refractivity contribution in [2.45, 2.75) is 13.0 Å². The van der Waals surface area contributed by atoms with Crippen molar-refractivity contribution in [1.29, 1.82) is 0 Å². The van der Waals surface area contributed by atoms with Crippen molar-refractivity contribution in [1.82, 2.24) is 0 Å². The molecule has 1 aliphatic rings. The van der Waals surface area contributed by atoms with Crippen LogP contribution in [0.1, 0.15) is 6.42 Å². The number of halogens is 1. The van der Waals surface area contributed by atoms with E-state index in [1.54, 1.807) is 12.2 Å². The van der Waals surface area contributed by atoms with Crippen molar-refractivity contribution in [3.8, 4) is 0 Å². The number of ketones is 1. The number of aryl methyl sites for hydroxylation is 1. The molecule has 2 nitrogen and oxygen atoms in total. The van der Waals surface area contributed by atoms with Gasteiger partial charge in [-0.2, -0.15) is 0 Å². The minimum atomic E-state index is 0. The van der Waals surface area contributed by atoms with E-state index < -0.39 is 0 Å². The minimum Gasteiger partial charge on any atom is -1.00 e. The molecule has 0 fully saturated rings. The highest BCUT2D eigenvalue weighted by molar-refractivity contribution is 5.94. The summed E-state index contributed by atoms with van der Waals surface area (Å²) in [7, 11) is 0. The topological polar surface area (TPSA) is 20.9 Å². The molecule has 1 heterocycles. The lowest BCUT2D eigenvalue weighted by molar-refractivity contribution is -0.697. The maximum Gasteiger partial charge on any atom is 0.168 e. The second-order valence-electron chi connectivity index (χ2n) is 3.65. The number of hydrogen-bond donors (Lipinski definition) is 0. The molecule has 1 unspecified atom stereocenters. The molecule has 0 bridgehead atoms. The van der Waals surface area contributed by atoms with Gasteiger partial charge in [-0.25, -0.2) is 4.57 Å². The average molecular weight is 236 g/mol. The number of carbonyl (C=O) groups is 1. The Balaban J connectivity index is 0.00000128. The molecule has 0 saturated heterocycles. The monoisotopic (exact) mass is 235 g/mol. The molecule has 0 N–H and O–H groups in total. The van der Waals surface area contributed by atoms with E-state index in [1.165, 1.54) is 0 Å². The van der Waals surface area contributed by atoms with Gasteiger partial charge in [0.05, 0.1) is 0 Å². The zero-order chi connectivity index (χ0) is 10.5. The van der Waals surface area contributed by atoms with Crippen LogP contribution in [-0.4, -0.2) is 5.78 Å². The third-order valence-electron chi connectivity index (χ3n) is 2.56. The second kappa shape index (κ2) is 6.23. The predicted molar refractivity (Wildman–Crippen MR) is 58.0 cm³/mol. The fourth-order valence-electron chi connectivity index (χ4n) is 1.68. The van der Waals surface area contributed by atoms with E-state index in [4.69, 9.17) is 0 Å². The molecule has 0 aromatic carbocycles. The number of hydrogen-bond acceptors (Lipinski definition) is 1. The van der Waals surface area contributed by atoms with Gasteiger partial charge in [0, 0.05) is 24.5 Å². The first-order valence-corrected chi connectivity index (χ1v) is 5.19. The Morgan fingerprint density at radius 2 is 1.88 bits per heavy atom. The average Bonchev–Trinajstić information content (AvgIpc) is 2.29. The number of allylic oxidation sites excluding steroid dienone is 4. The van der Waals surface area contributed by atoms with Crippen LogP contribution < -0.4 is 17.0 Å². The largest absolute Gasteiger partial charge is 1.00 e. The van der Waals surface area contributed by atoms with Crippen molar-refractivity contribution in [3.63, 3.8) is 0 Å². The minimum absolute atomic E-state index is 0. The van der Waals surface area contributed by atoms with Gasteiger partial charge in [0.25, 0.3) is 0 Å². The van der Waals surface area contributed by atoms with Crippen LogP contribution in [0.4, 0.5) is 0 Å². The van der Waals surface area contributed by atoms with Crippen LogP contribution in [-0.2, 0) is 11.3 Å². The molecular weight excluding hydrogens is 222 g/mol. The van der Waals surface area contributed by atoms with E-state index in [9.17, 15) is 4.79 Å². The smallest absolute Gasteiger partial charge is 0.168 e. The van der Waals surface area contributed by atoms with Crippen molar-refractivity contribution >= 4 is 5.78 Å². The van der Waals surface area contributed by atoms with Crippen LogP contribution in [0.5, 0.6) is 0 Å². The number of rotatable bonds is 3. The Bertz CT molecular complexity index is 398. The summed E-state index contributed by atoms with van der Waals surface area (Å²) in [4.78, 5) is 11.5. The lowest BCUT2D eigenvalue weighted by Crippen LogP contribution is -3.00.